The topological polar surface area (TPSA) is 84.8 Å². The molecule has 1 aromatic carbocycles. The zero-order valence-electron chi connectivity index (χ0n) is 14.7. The van der Waals surface area contributed by atoms with Gasteiger partial charge in [-0.25, -0.2) is 4.79 Å². The molecule has 1 fully saturated rings. The van der Waals surface area contributed by atoms with Gasteiger partial charge < -0.3 is 22.5 Å². The van der Waals surface area contributed by atoms with Gasteiger partial charge in [0.25, 0.3) is 0 Å². The maximum absolute atomic E-state index is 11.7. The summed E-state index contributed by atoms with van der Waals surface area (Å²) < 4.78 is 5.16. The van der Waals surface area contributed by atoms with Crippen LogP contribution in [0.4, 0.5) is 0 Å². The maximum Gasteiger partial charge on any atom is 0.396 e. The molecule has 1 N–H and O–H groups in total. The number of nitroso groups, excluding NO2 is 1. The van der Waals surface area contributed by atoms with E-state index in [0.29, 0.717) is 29.8 Å². The number of likely N-dealkylation sites (tertiary alicyclic amines) is 1. The van der Waals surface area contributed by atoms with Crippen LogP contribution in [0.2, 0.25) is 0 Å². The number of carbonyl (C=O) groups is 2. The molecule has 0 bridgehead atoms. The van der Waals surface area contributed by atoms with Crippen molar-refractivity contribution in [3.05, 3.63) is 40.8 Å². The summed E-state index contributed by atoms with van der Waals surface area (Å²) in [6.45, 7) is 3.85. The Morgan fingerprint density at radius 1 is 1.27 bits per heavy atom. The summed E-state index contributed by atoms with van der Waals surface area (Å²) in [7, 11) is 0. The van der Waals surface area contributed by atoms with Gasteiger partial charge in [0.2, 0.25) is 0 Å². The minimum Gasteiger partial charge on any atom is -1.00 e. The number of rotatable bonds is 6. The minimum atomic E-state index is -0.942. The first kappa shape index (κ1) is 22.4. The summed E-state index contributed by atoms with van der Waals surface area (Å²) in [6.07, 6.45) is 0.992. The Bertz CT molecular complexity index is 622. The highest BCUT2D eigenvalue weighted by Crippen LogP contribution is 2.33. The van der Waals surface area contributed by atoms with E-state index in [1.165, 1.54) is 5.56 Å². The fraction of sp³-hybridized carbons (Fsp3) is 0.529. The molecule has 0 spiro atoms. The first-order valence-electron chi connectivity index (χ1n) is 8.34. The van der Waals surface area contributed by atoms with Crippen LogP contribution in [0.5, 0.6) is 0 Å². The van der Waals surface area contributed by atoms with Crippen molar-refractivity contribution < 1.29 is 30.6 Å². The molecule has 0 atom stereocenters. The van der Waals surface area contributed by atoms with Crippen LogP contribution >= 0.6 is 12.8 Å². The number of thiol groups is 1. The van der Waals surface area contributed by atoms with Gasteiger partial charge >= 0.3 is 11.9 Å². The zero-order chi connectivity index (χ0) is 18.3. The monoisotopic (exact) mass is 401 g/mol. The van der Waals surface area contributed by atoms with Crippen LogP contribution in [0.15, 0.2) is 35.5 Å². The fourth-order valence-corrected chi connectivity index (χ4v) is 3.33. The van der Waals surface area contributed by atoms with E-state index in [0.717, 1.165) is 6.54 Å². The van der Waals surface area contributed by atoms with Crippen molar-refractivity contribution in [1.29, 1.82) is 0 Å². The van der Waals surface area contributed by atoms with Gasteiger partial charge in [0.05, 0.1) is 32.5 Å². The van der Waals surface area contributed by atoms with E-state index in [-0.39, 0.29) is 25.6 Å². The number of nitrogens with zero attached hydrogens (tertiary/aromatic N) is 2. The number of benzene rings is 1. The number of hydrogen-bond donors (Lipinski definition) is 2. The van der Waals surface area contributed by atoms with Gasteiger partial charge in [-0.05, 0) is 6.92 Å². The second kappa shape index (κ2) is 9.89. The van der Waals surface area contributed by atoms with Crippen molar-refractivity contribution in [1.82, 2.24) is 5.32 Å². The molecule has 1 aromatic rings. The third-order valence-electron chi connectivity index (χ3n) is 4.54. The highest BCUT2D eigenvalue weighted by molar-refractivity contribution is 7.74. The molecule has 0 saturated carbocycles. The lowest BCUT2D eigenvalue weighted by Gasteiger charge is -2.41. The largest absolute Gasteiger partial charge is 1.00 e. The van der Waals surface area contributed by atoms with Crippen LogP contribution in [0.3, 0.4) is 0 Å². The van der Waals surface area contributed by atoms with Gasteiger partial charge in [-0.2, -0.15) is 4.91 Å². The molecule has 1 heterocycles. The Morgan fingerprint density at radius 2 is 1.88 bits per heavy atom. The van der Waals surface area contributed by atoms with E-state index in [1.807, 2.05) is 18.2 Å². The summed E-state index contributed by atoms with van der Waals surface area (Å²) in [4.78, 5) is 34.4. The van der Waals surface area contributed by atoms with Crippen LogP contribution in [-0.4, -0.2) is 47.5 Å². The molecule has 7 nitrogen and oxygen atoms in total. The maximum atomic E-state index is 11.7. The van der Waals surface area contributed by atoms with Gasteiger partial charge in [0.1, 0.15) is 12.1 Å². The summed E-state index contributed by atoms with van der Waals surface area (Å²) in [6, 6.07) is 10.0. The number of hydrogen-bond acceptors (Lipinski definition) is 6. The van der Waals surface area contributed by atoms with Crippen molar-refractivity contribution in [2.45, 2.75) is 31.8 Å². The average Bonchev–Trinajstić information content (AvgIpc) is 2.62. The second-order valence-electron chi connectivity index (χ2n) is 6.40. The SMILES string of the molecule is CCOC(=O)C(=O)NCC1(N=O)CC[N+](S)(Cc2ccccc2)CC1.[Cl-]. The molecule has 1 aliphatic heterocycles. The predicted molar refractivity (Wildman–Crippen MR) is 96.5 cm³/mol. The van der Waals surface area contributed by atoms with Crippen LogP contribution in [0.25, 0.3) is 0 Å². The summed E-state index contributed by atoms with van der Waals surface area (Å²) in [5.41, 5.74) is 0.281. The number of ether oxygens (including phenoxy) is 1. The Balaban J connectivity index is 0.00000338. The molecule has 0 aliphatic carbocycles. The molecule has 1 amide bonds. The van der Waals surface area contributed by atoms with Gasteiger partial charge in [-0.1, -0.05) is 35.5 Å². The number of halogens is 1. The standard InChI is InChI=1S/C17H23N3O4S.ClH/c1-2-24-16(22)15(21)18-13-17(19-23)8-10-20(25,11-9-17)12-14-6-4-3-5-7-14;/h3-7,25H,2,8-13H2,1H3;1H. The van der Waals surface area contributed by atoms with E-state index in [9.17, 15) is 14.5 Å². The molecule has 1 saturated heterocycles. The van der Waals surface area contributed by atoms with Gasteiger partial charge in [0, 0.05) is 24.9 Å². The number of quaternary nitrogens is 1. The highest BCUT2D eigenvalue weighted by Gasteiger charge is 2.43. The molecule has 26 heavy (non-hydrogen) atoms. The number of carbonyl (C=O) groups excluding carboxylic acids is 2. The summed E-state index contributed by atoms with van der Waals surface area (Å²) in [5, 5.41) is 5.73. The summed E-state index contributed by atoms with van der Waals surface area (Å²) in [5.74, 6) is -1.78. The lowest BCUT2D eigenvalue weighted by molar-refractivity contribution is -0.813. The second-order valence-corrected chi connectivity index (χ2v) is 7.25. The molecule has 0 radical (unpaired) electrons. The first-order chi connectivity index (χ1) is 11.9. The summed E-state index contributed by atoms with van der Waals surface area (Å²) >= 11 is 4.78. The normalized spacial score (nSPS) is 24.8. The van der Waals surface area contributed by atoms with E-state index >= 15 is 0 Å². The van der Waals surface area contributed by atoms with E-state index in [4.69, 9.17) is 12.8 Å². The lowest BCUT2D eigenvalue weighted by Crippen LogP contribution is -3.00. The Hall–Kier alpha value is -1.64. The van der Waals surface area contributed by atoms with Gasteiger partial charge in [-0.3, -0.25) is 8.68 Å². The van der Waals surface area contributed by atoms with Crippen LogP contribution < -0.4 is 17.7 Å². The molecule has 2 rings (SSSR count). The molecule has 0 aromatic heterocycles. The molecule has 144 valence electrons. The van der Waals surface area contributed by atoms with E-state index < -0.39 is 17.4 Å². The third-order valence-corrected chi connectivity index (χ3v) is 5.08. The Labute approximate surface area is 165 Å². The first-order valence-corrected chi connectivity index (χ1v) is 8.74. The van der Waals surface area contributed by atoms with Crippen LogP contribution in [0.1, 0.15) is 25.3 Å². The smallest absolute Gasteiger partial charge is 0.396 e. The van der Waals surface area contributed by atoms with Gasteiger partial charge in [0.15, 0.2) is 0 Å². The lowest BCUT2D eigenvalue weighted by atomic mass is 9.88. The molecular formula is C17H24ClN3O4S. The number of amides is 1. The molecule has 9 heteroatoms. The molecule has 0 unspecified atom stereocenters. The van der Waals surface area contributed by atoms with Gasteiger partial charge in [-0.15, -0.1) is 0 Å². The number of piperidine rings is 1. The highest BCUT2D eigenvalue weighted by atomic mass is 35.5. The van der Waals surface area contributed by atoms with E-state index in [1.54, 1.807) is 6.92 Å². The zero-order valence-corrected chi connectivity index (χ0v) is 16.3. The molecular weight excluding hydrogens is 378 g/mol. The van der Waals surface area contributed by atoms with E-state index in [2.05, 4.69) is 27.4 Å². The molecule has 1 aliphatic rings. The number of esters is 1. The van der Waals surface area contributed by atoms with Crippen molar-refractivity contribution in [3.8, 4) is 0 Å². The third kappa shape index (κ3) is 5.96. The predicted octanol–water partition coefficient (Wildman–Crippen LogP) is -1.17. The number of nitrogens with one attached hydrogen (secondary N) is 1. The van der Waals surface area contributed by atoms with Crippen LogP contribution in [0, 0.1) is 4.91 Å². The minimum absolute atomic E-state index is 0. The van der Waals surface area contributed by atoms with Crippen molar-refractivity contribution in [2.75, 3.05) is 26.2 Å². The van der Waals surface area contributed by atoms with Crippen molar-refractivity contribution >= 4 is 24.7 Å². The van der Waals surface area contributed by atoms with Crippen molar-refractivity contribution in [3.63, 3.8) is 0 Å². The quantitative estimate of drug-likeness (QED) is 0.207. The van der Waals surface area contributed by atoms with Crippen LogP contribution in [-0.2, 0) is 20.9 Å². The Kier molecular flexibility index (Phi) is 8.52. The van der Waals surface area contributed by atoms with Crippen molar-refractivity contribution in [2.24, 2.45) is 5.18 Å². The fourth-order valence-electron chi connectivity index (χ4n) is 2.96. The average molecular weight is 402 g/mol. The Morgan fingerprint density at radius 3 is 2.42 bits per heavy atom.